The smallest absolute Gasteiger partial charge is 0.0179 e. The molecule has 0 radical (unpaired) electrons. The Morgan fingerprint density at radius 3 is 2.55 bits per heavy atom. The molecule has 0 saturated heterocycles. The van der Waals surface area contributed by atoms with Crippen LogP contribution in [0.1, 0.15) is 71.1 Å². The zero-order chi connectivity index (χ0) is 13.7. The standard InChI is InChI=1S/C20H32/c1-3-15-9-11-19-18-10-8-14-6-4-5-7-16(14)17(18)12-13-20(15,19)2/h3,14-19H,1,4-13H2,2H3/t14?,15-,16+,17?,18?,19?,20+/m0/s1. The van der Waals surface area contributed by atoms with Crippen LogP contribution in [0.4, 0.5) is 0 Å². The molecule has 0 N–H and O–H groups in total. The third-order valence-corrected chi connectivity index (χ3v) is 8.24. The highest BCUT2D eigenvalue weighted by atomic mass is 14.6. The first-order valence-corrected chi connectivity index (χ1v) is 9.36. The number of allylic oxidation sites excluding steroid dienone is 1. The molecule has 4 saturated carbocycles. The van der Waals surface area contributed by atoms with Gasteiger partial charge in [0.25, 0.3) is 0 Å². The average Bonchev–Trinajstić information content (AvgIpc) is 2.83. The lowest BCUT2D eigenvalue weighted by atomic mass is 9.50. The van der Waals surface area contributed by atoms with Gasteiger partial charge in [0.1, 0.15) is 0 Å². The Balaban J connectivity index is 1.59. The molecular weight excluding hydrogens is 240 g/mol. The summed E-state index contributed by atoms with van der Waals surface area (Å²) >= 11 is 0. The molecule has 20 heavy (non-hydrogen) atoms. The molecule has 0 heterocycles. The van der Waals surface area contributed by atoms with Crippen LogP contribution in [0.3, 0.4) is 0 Å². The van der Waals surface area contributed by atoms with Gasteiger partial charge in [-0.1, -0.05) is 32.3 Å². The first-order chi connectivity index (χ1) is 9.74. The molecule has 4 unspecified atom stereocenters. The summed E-state index contributed by atoms with van der Waals surface area (Å²) in [6, 6.07) is 0. The lowest BCUT2D eigenvalue weighted by Crippen LogP contribution is -2.47. The first kappa shape index (κ1) is 13.4. The van der Waals surface area contributed by atoms with Crippen LogP contribution >= 0.6 is 0 Å². The summed E-state index contributed by atoms with van der Waals surface area (Å²) in [5.41, 5.74) is 0.615. The van der Waals surface area contributed by atoms with Crippen molar-refractivity contribution in [3.05, 3.63) is 12.7 Å². The highest BCUT2D eigenvalue weighted by Crippen LogP contribution is 2.64. The van der Waals surface area contributed by atoms with Gasteiger partial charge in [0.05, 0.1) is 0 Å². The van der Waals surface area contributed by atoms with Gasteiger partial charge in [0, 0.05) is 0 Å². The van der Waals surface area contributed by atoms with E-state index < -0.39 is 0 Å². The zero-order valence-electron chi connectivity index (χ0n) is 13.3. The van der Waals surface area contributed by atoms with Crippen molar-refractivity contribution >= 4 is 0 Å². The number of hydrogen-bond donors (Lipinski definition) is 0. The van der Waals surface area contributed by atoms with Gasteiger partial charge in [0.2, 0.25) is 0 Å². The second-order valence-corrected chi connectivity index (χ2v) is 8.68. The molecule has 0 amide bonds. The zero-order valence-corrected chi connectivity index (χ0v) is 13.3. The predicted molar refractivity (Wildman–Crippen MR) is 85.4 cm³/mol. The van der Waals surface area contributed by atoms with E-state index in [0.29, 0.717) is 5.41 Å². The summed E-state index contributed by atoms with van der Waals surface area (Å²) < 4.78 is 0. The van der Waals surface area contributed by atoms with Gasteiger partial charge < -0.3 is 0 Å². The van der Waals surface area contributed by atoms with Gasteiger partial charge in [-0.25, -0.2) is 0 Å². The lowest BCUT2D eigenvalue weighted by molar-refractivity contribution is -0.0569. The molecule has 0 aromatic heterocycles. The Kier molecular flexibility index (Phi) is 3.28. The van der Waals surface area contributed by atoms with E-state index in [-0.39, 0.29) is 0 Å². The third kappa shape index (κ3) is 1.79. The second-order valence-electron chi connectivity index (χ2n) is 8.68. The predicted octanol–water partition coefficient (Wildman–Crippen LogP) is 5.83. The molecular formula is C20H32. The molecule has 4 rings (SSSR count). The summed E-state index contributed by atoms with van der Waals surface area (Å²) in [5.74, 6) is 6.28. The molecule has 0 aromatic rings. The number of fused-ring (bicyclic) bond motifs is 5. The summed E-state index contributed by atoms with van der Waals surface area (Å²) in [5, 5.41) is 0. The molecule has 0 bridgehead atoms. The maximum atomic E-state index is 4.15. The number of hydrogen-bond acceptors (Lipinski definition) is 0. The van der Waals surface area contributed by atoms with Gasteiger partial charge in [-0.15, -0.1) is 6.58 Å². The van der Waals surface area contributed by atoms with Gasteiger partial charge in [-0.3, -0.25) is 0 Å². The monoisotopic (exact) mass is 272 g/mol. The topological polar surface area (TPSA) is 0 Å². The normalized spacial score (nSPS) is 54.6. The van der Waals surface area contributed by atoms with Crippen LogP contribution in [0.25, 0.3) is 0 Å². The molecule has 0 nitrogen and oxygen atoms in total. The lowest BCUT2D eigenvalue weighted by Gasteiger charge is -2.55. The van der Waals surface area contributed by atoms with E-state index in [1.807, 2.05) is 0 Å². The Hall–Kier alpha value is -0.260. The molecule has 4 aliphatic carbocycles. The Labute approximate surface area is 125 Å². The van der Waals surface area contributed by atoms with E-state index in [2.05, 4.69) is 19.6 Å². The van der Waals surface area contributed by atoms with Crippen LogP contribution in [0.15, 0.2) is 12.7 Å². The Bertz CT molecular complexity index is 383. The fourth-order valence-corrected chi connectivity index (χ4v) is 7.26. The van der Waals surface area contributed by atoms with Crippen molar-refractivity contribution in [3.8, 4) is 0 Å². The van der Waals surface area contributed by atoms with Crippen LogP contribution < -0.4 is 0 Å². The fourth-order valence-electron chi connectivity index (χ4n) is 7.26. The Morgan fingerprint density at radius 1 is 0.850 bits per heavy atom. The fraction of sp³-hybridized carbons (Fsp3) is 0.900. The summed E-state index contributed by atoms with van der Waals surface area (Å²) in [6.07, 6.45) is 17.6. The van der Waals surface area contributed by atoms with Crippen LogP contribution in [0.2, 0.25) is 0 Å². The molecule has 4 aliphatic rings. The molecule has 0 spiro atoms. The molecule has 0 aromatic carbocycles. The SMILES string of the molecule is C=C[C@H]1CCC2C3CCC4CCCC[C@H]4C3CC[C@@]21C. The highest BCUT2D eigenvalue weighted by molar-refractivity contribution is 5.08. The van der Waals surface area contributed by atoms with Crippen LogP contribution in [0, 0.1) is 40.9 Å². The molecule has 0 heteroatoms. The minimum Gasteiger partial charge on any atom is -0.103 e. The minimum atomic E-state index is 0.615. The van der Waals surface area contributed by atoms with Crippen molar-refractivity contribution < 1.29 is 0 Å². The summed E-state index contributed by atoms with van der Waals surface area (Å²) in [7, 11) is 0. The van der Waals surface area contributed by atoms with E-state index >= 15 is 0 Å². The van der Waals surface area contributed by atoms with Crippen LogP contribution in [0.5, 0.6) is 0 Å². The van der Waals surface area contributed by atoms with Gasteiger partial charge in [-0.05, 0) is 85.9 Å². The van der Waals surface area contributed by atoms with Crippen molar-refractivity contribution in [2.75, 3.05) is 0 Å². The maximum Gasteiger partial charge on any atom is -0.0179 e. The number of rotatable bonds is 1. The van der Waals surface area contributed by atoms with E-state index in [9.17, 15) is 0 Å². The Morgan fingerprint density at radius 2 is 1.70 bits per heavy atom. The maximum absolute atomic E-state index is 4.15. The first-order valence-electron chi connectivity index (χ1n) is 9.36. The van der Waals surface area contributed by atoms with E-state index in [1.165, 1.54) is 32.1 Å². The van der Waals surface area contributed by atoms with E-state index in [0.717, 1.165) is 35.5 Å². The second kappa shape index (κ2) is 4.89. The minimum absolute atomic E-state index is 0.615. The van der Waals surface area contributed by atoms with E-state index in [4.69, 9.17) is 0 Å². The highest BCUT2D eigenvalue weighted by Gasteiger charge is 2.55. The van der Waals surface area contributed by atoms with Crippen LogP contribution in [-0.4, -0.2) is 0 Å². The van der Waals surface area contributed by atoms with Crippen molar-refractivity contribution in [1.82, 2.24) is 0 Å². The summed E-state index contributed by atoms with van der Waals surface area (Å²) in [6.45, 7) is 6.76. The van der Waals surface area contributed by atoms with Crippen molar-refractivity contribution in [3.63, 3.8) is 0 Å². The summed E-state index contributed by atoms with van der Waals surface area (Å²) in [4.78, 5) is 0. The van der Waals surface area contributed by atoms with Crippen LogP contribution in [-0.2, 0) is 0 Å². The quantitative estimate of drug-likeness (QED) is 0.527. The van der Waals surface area contributed by atoms with Gasteiger partial charge in [0.15, 0.2) is 0 Å². The largest absolute Gasteiger partial charge is 0.103 e. The molecule has 0 aliphatic heterocycles. The van der Waals surface area contributed by atoms with Crippen molar-refractivity contribution in [1.29, 1.82) is 0 Å². The molecule has 112 valence electrons. The molecule has 7 atom stereocenters. The molecule has 4 fully saturated rings. The van der Waals surface area contributed by atoms with Crippen molar-refractivity contribution in [2.24, 2.45) is 40.9 Å². The van der Waals surface area contributed by atoms with Gasteiger partial charge >= 0.3 is 0 Å². The average molecular weight is 272 g/mol. The third-order valence-electron chi connectivity index (χ3n) is 8.24. The van der Waals surface area contributed by atoms with Crippen molar-refractivity contribution in [2.45, 2.75) is 71.1 Å². The van der Waals surface area contributed by atoms with E-state index in [1.54, 1.807) is 32.1 Å². The van der Waals surface area contributed by atoms with Gasteiger partial charge in [-0.2, -0.15) is 0 Å².